The van der Waals surface area contributed by atoms with Crippen molar-refractivity contribution in [2.45, 2.75) is 11.7 Å². The number of hydrogen-bond acceptors (Lipinski definition) is 3. The van der Waals surface area contributed by atoms with E-state index in [4.69, 9.17) is 4.74 Å². The maximum absolute atomic E-state index is 5.11. The van der Waals surface area contributed by atoms with E-state index in [1.54, 1.807) is 7.11 Å². The van der Waals surface area contributed by atoms with Gasteiger partial charge in [-0.15, -0.1) is 0 Å². The van der Waals surface area contributed by atoms with Gasteiger partial charge in [0.05, 0.1) is 0 Å². The third kappa shape index (κ3) is 3.26. The number of ether oxygens (including phenoxy) is 1. The third-order valence-electron chi connectivity index (χ3n) is 2.03. The van der Waals surface area contributed by atoms with Crippen LogP contribution >= 0.6 is 11.8 Å². The van der Waals surface area contributed by atoms with E-state index in [9.17, 15) is 0 Å². The van der Waals surface area contributed by atoms with E-state index in [1.807, 2.05) is 36.0 Å². The first-order valence-corrected chi connectivity index (χ1v) is 7.92. The van der Waals surface area contributed by atoms with Gasteiger partial charge in [0.15, 0.2) is 0 Å². The summed E-state index contributed by atoms with van der Waals surface area (Å²) >= 11 is 2.51. The molecule has 0 spiro atoms. The molecule has 0 amide bonds. The van der Waals surface area contributed by atoms with Gasteiger partial charge >= 0.3 is 101 Å². The molecule has 0 radical (unpaired) electrons. The van der Waals surface area contributed by atoms with Gasteiger partial charge in [0.2, 0.25) is 0 Å². The molecule has 0 atom stereocenters. The number of nitrogens with zero attached hydrogens (tertiary/aromatic N) is 1. The molecule has 0 saturated carbocycles. The van der Waals surface area contributed by atoms with Crippen molar-refractivity contribution in [1.82, 2.24) is 0 Å². The molecule has 0 aromatic heterocycles. The minimum atomic E-state index is 0.600. The summed E-state index contributed by atoms with van der Waals surface area (Å²) in [6.07, 6.45) is 1.35. The quantitative estimate of drug-likeness (QED) is 0.780. The summed E-state index contributed by atoms with van der Waals surface area (Å²) in [6, 6.07) is 7.94. The first-order valence-electron chi connectivity index (χ1n) is 4.87. The fraction of sp³-hybridized carbons (Fsp3) is 0.364. The van der Waals surface area contributed by atoms with E-state index in [2.05, 4.69) is 4.99 Å². The normalized spacial score (nSPS) is 19.1. The molecule has 1 saturated heterocycles. The Labute approximate surface area is 101 Å². The van der Waals surface area contributed by atoms with E-state index in [-0.39, 0.29) is 0 Å². The van der Waals surface area contributed by atoms with Crippen LogP contribution in [-0.4, -0.2) is 31.8 Å². The Bertz CT molecular complexity index is 342. The number of methoxy groups -OCH3 is 1. The van der Waals surface area contributed by atoms with Crippen LogP contribution in [0.4, 0.5) is 5.69 Å². The summed E-state index contributed by atoms with van der Waals surface area (Å²) < 4.78 is 6.44. The molecule has 80 valence electrons. The molecule has 2 nitrogen and oxygen atoms in total. The van der Waals surface area contributed by atoms with Gasteiger partial charge in [-0.3, -0.25) is 0 Å². The molecule has 1 aliphatic rings. The van der Waals surface area contributed by atoms with E-state index in [0.29, 0.717) is 15.0 Å². The Morgan fingerprint density at radius 3 is 2.73 bits per heavy atom. The van der Waals surface area contributed by atoms with E-state index < -0.39 is 0 Å². The number of hydrogen-bond donors (Lipinski definition) is 0. The Morgan fingerprint density at radius 1 is 1.33 bits per heavy atom. The second-order valence-corrected chi connectivity index (χ2v) is 7.07. The first-order chi connectivity index (χ1) is 7.38. The van der Waals surface area contributed by atoms with Gasteiger partial charge in [0, 0.05) is 0 Å². The van der Waals surface area contributed by atoms with Crippen LogP contribution in [-0.2, 0) is 0 Å². The molecule has 0 bridgehead atoms. The van der Waals surface area contributed by atoms with Crippen molar-refractivity contribution in [1.29, 1.82) is 0 Å². The molecule has 2 rings (SSSR count). The average molecular weight is 286 g/mol. The van der Waals surface area contributed by atoms with E-state index in [0.717, 1.165) is 11.4 Å². The molecule has 15 heavy (non-hydrogen) atoms. The van der Waals surface area contributed by atoms with Gasteiger partial charge in [-0.05, 0) is 0 Å². The Hall–Kier alpha value is -0.441. The summed E-state index contributed by atoms with van der Waals surface area (Å²) in [4.78, 5) is 4.65. The zero-order valence-corrected chi connectivity index (χ0v) is 11.1. The number of thioether (sulfide) groups is 1. The Balaban J connectivity index is 2.08. The molecular formula is C11H13NOSSe. The molecular weight excluding hydrogens is 273 g/mol. The first kappa shape index (κ1) is 11.1. The van der Waals surface area contributed by atoms with Crippen LogP contribution in [0.25, 0.3) is 0 Å². The predicted molar refractivity (Wildman–Crippen MR) is 67.7 cm³/mol. The molecule has 1 aromatic carbocycles. The van der Waals surface area contributed by atoms with Crippen LogP contribution in [0.5, 0.6) is 5.75 Å². The fourth-order valence-corrected chi connectivity index (χ4v) is 5.19. The van der Waals surface area contributed by atoms with Gasteiger partial charge in [-0.2, -0.15) is 0 Å². The van der Waals surface area contributed by atoms with Crippen molar-refractivity contribution in [3.63, 3.8) is 0 Å². The summed E-state index contributed by atoms with van der Waals surface area (Å²) in [5.41, 5.74) is 1.04. The standard InChI is InChI=1S/C11H13NOSSe/c1-13-10-5-3-9(4-6-10)12-11-14-7-2-8-15-11/h3-6H,2,7-8H2,1H3. The van der Waals surface area contributed by atoms with Gasteiger partial charge in [-0.1, -0.05) is 0 Å². The van der Waals surface area contributed by atoms with Crippen molar-refractivity contribution in [3.8, 4) is 5.75 Å². The molecule has 4 heteroatoms. The van der Waals surface area contributed by atoms with E-state index in [1.165, 1.54) is 21.4 Å². The third-order valence-corrected chi connectivity index (χ3v) is 5.96. The number of aliphatic imine (C=N–C) groups is 1. The van der Waals surface area contributed by atoms with Gasteiger partial charge in [0.1, 0.15) is 0 Å². The molecule has 0 unspecified atom stereocenters. The molecule has 1 heterocycles. The van der Waals surface area contributed by atoms with Crippen molar-refractivity contribution in [2.75, 3.05) is 12.9 Å². The van der Waals surface area contributed by atoms with Crippen molar-refractivity contribution < 1.29 is 4.74 Å². The zero-order valence-electron chi connectivity index (χ0n) is 8.60. The Kier molecular flexibility index (Phi) is 4.12. The second kappa shape index (κ2) is 5.59. The maximum atomic E-state index is 5.11. The van der Waals surface area contributed by atoms with Crippen molar-refractivity contribution >= 4 is 36.3 Å². The molecule has 1 aromatic rings. The molecule has 0 aliphatic carbocycles. The van der Waals surface area contributed by atoms with Gasteiger partial charge in [-0.25, -0.2) is 0 Å². The molecule has 0 N–H and O–H groups in total. The monoisotopic (exact) mass is 287 g/mol. The summed E-state index contributed by atoms with van der Waals surface area (Å²) in [5, 5.41) is 1.34. The second-order valence-electron chi connectivity index (χ2n) is 3.13. The SMILES string of the molecule is COc1ccc(N=C2SCCC[Se]2)cc1. The van der Waals surface area contributed by atoms with E-state index >= 15 is 0 Å². The minimum absolute atomic E-state index is 0.600. The van der Waals surface area contributed by atoms with Gasteiger partial charge < -0.3 is 0 Å². The Morgan fingerprint density at radius 2 is 2.13 bits per heavy atom. The average Bonchev–Trinajstić information content (AvgIpc) is 2.31. The van der Waals surface area contributed by atoms with Crippen LogP contribution in [0.3, 0.4) is 0 Å². The zero-order chi connectivity index (χ0) is 10.5. The predicted octanol–water partition coefficient (Wildman–Crippen LogP) is 2.94. The number of benzene rings is 1. The van der Waals surface area contributed by atoms with Crippen molar-refractivity contribution in [2.24, 2.45) is 4.99 Å². The molecule has 1 aliphatic heterocycles. The topological polar surface area (TPSA) is 21.6 Å². The number of rotatable bonds is 2. The van der Waals surface area contributed by atoms with Crippen LogP contribution in [0.1, 0.15) is 6.42 Å². The van der Waals surface area contributed by atoms with Crippen molar-refractivity contribution in [3.05, 3.63) is 24.3 Å². The summed E-state index contributed by atoms with van der Waals surface area (Å²) in [6.45, 7) is 0. The van der Waals surface area contributed by atoms with Crippen LogP contribution in [0, 0.1) is 0 Å². The molecule has 1 fully saturated rings. The summed E-state index contributed by atoms with van der Waals surface area (Å²) in [5.74, 6) is 2.12. The fourth-order valence-electron chi connectivity index (χ4n) is 1.25. The van der Waals surface area contributed by atoms with Crippen LogP contribution in [0.2, 0.25) is 5.32 Å². The van der Waals surface area contributed by atoms with Crippen LogP contribution < -0.4 is 4.74 Å². The van der Waals surface area contributed by atoms with Crippen LogP contribution in [0.15, 0.2) is 29.3 Å². The van der Waals surface area contributed by atoms with Gasteiger partial charge in [0.25, 0.3) is 0 Å². The summed E-state index contributed by atoms with van der Waals surface area (Å²) in [7, 11) is 1.68.